The van der Waals surface area contributed by atoms with Crippen LogP contribution < -0.4 is 10.1 Å². The minimum Gasteiger partial charge on any atom is -0.489 e. The van der Waals surface area contributed by atoms with Crippen LogP contribution in [0.25, 0.3) is 0 Å². The van der Waals surface area contributed by atoms with Crippen molar-refractivity contribution in [1.82, 2.24) is 4.31 Å². The van der Waals surface area contributed by atoms with Gasteiger partial charge in [0.15, 0.2) is 0 Å². The van der Waals surface area contributed by atoms with Gasteiger partial charge in [0.05, 0.1) is 40.5 Å². The normalized spacial score (nSPS) is 19.7. The van der Waals surface area contributed by atoms with E-state index >= 15 is 0 Å². The Balaban J connectivity index is 1.50. The molecule has 0 spiro atoms. The zero-order valence-electron chi connectivity index (χ0n) is 18.2. The monoisotopic (exact) mass is 494 g/mol. The summed E-state index contributed by atoms with van der Waals surface area (Å²) in [6.45, 7) is 2.32. The quantitative estimate of drug-likeness (QED) is 0.632. The third-order valence-electron chi connectivity index (χ3n) is 5.62. The maximum atomic E-state index is 13.0. The van der Waals surface area contributed by atoms with Crippen molar-refractivity contribution in [2.24, 2.45) is 0 Å². The number of halogens is 1. The van der Waals surface area contributed by atoms with E-state index < -0.39 is 15.9 Å². The number of rotatable bonds is 7. The zero-order chi connectivity index (χ0) is 23.3. The molecule has 4 rings (SSSR count). The van der Waals surface area contributed by atoms with Gasteiger partial charge in [0.25, 0.3) is 5.91 Å². The summed E-state index contributed by atoms with van der Waals surface area (Å²) in [7, 11) is -3.76. The van der Waals surface area contributed by atoms with Gasteiger partial charge in [-0.15, -0.1) is 0 Å². The molecule has 10 heteroatoms. The highest BCUT2D eigenvalue weighted by Gasteiger charge is 2.28. The fourth-order valence-corrected chi connectivity index (χ4v) is 5.42. The Morgan fingerprint density at radius 3 is 2.67 bits per heavy atom. The summed E-state index contributed by atoms with van der Waals surface area (Å²) >= 11 is 6.26. The van der Waals surface area contributed by atoms with E-state index in [1.807, 2.05) is 6.07 Å². The number of nitrogens with zero attached hydrogens (tertiary/aromatic N) is 1. The number of nitrogens with one attached hydrogen (secondary N) is 1. The second kappa shape index (κ2) is 10.8. The minimum atomic E-state index is -3.76. The van der Waals surface area contributed by atoms with Gasteiger partial charge in [0, 0.05) is 19.7 Å². The Labute approximate surface area is 198 Å². The molecule has 2 aliphatic rings. The van der Waals surface area contributed by atoms with Gasteiger partial charge in [0.2, 0.25) is 10.0 Å². The van der Waals surface area contributed by atoms with Crippen LogP contribution in [0.3, 0.4) is 0 Å². The number of anilines is 1. The second-order valence-corrected chi connectivity index (χ2v) is 10.3. The molecular formula is C23H27ClN2O6S. The van der Waals surface area contributed by atoms with Crippen LogP contribution in [0.4, 0.5) is 5.69 Å². The fourth-order valence-electron chi connectivity index (χ4n) is 3.78. The van der Waals surface area contributed by atoms with Crippen LogP contribution in [0.15, 0.2) is 47.4 Å². The smallest absolute Gasteiger partial charge is 0.257 e. The highest BCUT2D eigenvalue weighted by Crippen LogP contribution is 2.28. The van der Waals surface area contributed by atoms with Crippen LogP contribution in [-0.2, 0) is 19.5 Å². The van der Waals surface area contributed by atoms with E-state index in [-0.39, 0.29) is 34.7 Å². The van der Waals surface area contributed by atoms with E-state index in [4.69, 9.17) is 25.8 Å². The van der Waals surface area contributed by atoms with Gasteiger partial charge >= 0.3 is 0 Å². The topological polar surface area (TPSA) is 94.2 Å². The van der Waals surface area contributed by atoms with Gasteiger partial charge in [-0.05, 0) is 49.6 Å². The summed E-state index contributed by atoms with van der Waals surface area (Å²) in [5, 5.41) is 2.95. The summed E-state index contributed by atoms with van der Waals surface area (Å²) in [6.07, 6.45) is 3.13. The van der Waals surface area contributed by atoms with Crippen molar-refractivity contribution >= 4 is 33.2 Å². The number of benzene rings is 2. The number of hydrogen-bond donors (Lipinski definition) is 1. The molecule has 33 heavy (non-hydrogen) atoms. The fraction of sp³-hybridized carbons (Fsp3) is 0.435. The van der Waals surface area contributed by atoms with E-state index in [9.17, 15) is 13.2 Å². The summed E-state index contributed by atoms with van der Waals surface area (Å²) in [5.74, 6) is -0.0165. The first-order valence-corrected chi connectivity index (χ1v) is 12.8. The summed E-state index contributed by atoms with van der Waals surface area (Å²) in [6, 6.07) is 11.2. The first kappa shape index (κ1) is 24.0. The second-order valence-electron chi connectivity index (χ2n) is 7.91. The van der Waals surface area contributed by atoms with Crippen LogP contribution in [0, 0.1) is 0 Å². The van der Waals surface area contributed by atoms with Gasteiger partial charge in [-0.1, -0.05) is 23.7 Å². The Morgan fingerprint density at radius 1 is 1.12 bits per heavy atom. The largest absolute Gasteiger partial charge is 0.489 e. The van der Waals surface area contributed by atoms with Crippen molar-refractivity contribution in [1.29, 1.82) is 0 Å². The van der Waals surface area contributed by atoms with Crippen molar-refractivity contribution in [3.05, 3.63) is 53.1 Å². The Kier molecular flexibility index (Phi) is 7.87. The van der Waals surface area contributed by atoms with Gasteiger partial charge < -0.3 is 19.5 Å². The lowest BCUT2D eigenvalue weighted by Crippen LogP contribution is -2.40. The molecular weight excluding hydrogens is 468 g/mol. The average Bonchev–Trinajstić information content (AvgIpc) is 2.85. The first-order valence-electron chi connectivity index (χ1n) is 11.0. The molecule has 2 aromatic carbocycles. The van der Waals surface area contributed by atoms with Crippen molar-refractivity contribution in [2.45, 2.75) is 30.3 Å². The van der Waals surface area contributed by atoms with Crippen molar-refractivity contribution in [3.63, 3.8) is 0 Å². The molecule has 2 aromatic rings. The molecule has 2 heterocycles. The van der Waals surface area contributed by atoms with E-state index in [0.29, 0.717) is 31.3 Å². The Morgan fingerprint density at radius 2 is 1.91 bits per heavy atom. The molecule has 8 nitrogen and oxygen atoms in total. The molecule has 1 atom stereocenters. The predicted octanol–water partition coefficient (Wildman–Crippen LogP) is 3.56. The number of para-hydroxylation sites is 2. The highest BCUT2D eigenvalue weighted by molar-refractivity contribution is 7.89. The molecule has 0 aliphatic carbocycles. The summed E-state index contributed by atoms with van der Waals surface area (Å²) in [4.78, 5) is 13.1. The molecule has 0 radical (unpaired) electrons. The van der Waals surface area contributed by atoms with E-state index in [1.54, 1.807) is 18.2 Å². The number of hydrogen-bond acceptors (Lipinski definition) is 6. The predicted molar refractivity (Wildman–Crippen MR) is 125 cm³/mol. The third kappa shape index (κ3) is 5.85. The van der Waals surface area contributed by atoms with Crippen LogP contribution in [0.1, 0.15) is 29.6 Å². The van der Waals surface area contributed by atoms with Gasteiger partial charge in [-0.3, -0.25) is 4.79 Å². The van der Waals surface area contributed by atoms with Crippen LogP contribution in [0.5, 0.6) is 5.75 Å². The Hall–Kier alpha value is -2.17. The maximum absolute atomic E-state index is 13.0. The molecule has 0 bridgehead atoms. The van der Waals surface area contributed by atoms with Crippen molar-refractivity contribution in [3.8, 4) is 5.75 Å². The number of sulfonamides is 1. The van der Waals surface area contributed by atoms with Crippen LogP contribution >= 0.6 is 11.6 Å². The third-order valence-corrected chi connectivity index (χ3v) is 7.85. The number of ether oxygens (including phenoxy) is 3. The molecule has 2 aliphatic heterocycles. The van der Waals surface area contributed by atoms with E-state index in [0.717, 1.165) is 25.9 Å². The number of amides is 1. The van der Waals surface area contributed by atoms with Gasteiger partial charge in [0.1, 0.15) is 12.4 Å². The molecule has 2 saturated heterocycles. The molecule has 1 amide bonds. The summed E-state index contributed by atoms with van der Waals surface area (Å²) < 4.78 is 44.2. The average molecular weight is 495 g/mol. The minimum absolute atomic E-state index is 0.0120. The highest BCUT2D eigenvalue weighted by atomic mass is 35.5. The summed E-state index contributed by atoms with van der Waals surface area (Å²) in [5.41, 5.74) is 0.534. The lowest BCUT2D eigenvalue weighted by atomic mass is 10.1. The molecule has 178 valence electrons. The standard InChI is InChI=1S/C23H27ClN2O6S/c24-20-9-8-18(33(28,29)26-10-13-30-14-11-26)15-19(20)23(27)25-21-6-1-2-7-22(21)32-16-17-5-3-4-12-31-17/h1-2,6-9,15,17H,3-5,10-14,16H2,(H,25,27). The number of carbonyl (C=O) groups is 1. The molecule has 0 aromatic heterocycles. The van der Waals surface area contributed by atoms with Crippen molar-refractivity contribution in [2.75, 3.05) is 44.8 Å². The molecule has 1 unspecified atom stereocenters. The first-order chi connectivity index (χ1) is 15.9. The van der Waals surface area contributed by atoms with E-state index in [2.05, 4.69) is 5.32 Å². The Bertz CT molecular complexity index is 1080. The zero-order valence-corrected chi connectivity index (χ0v) is 19.7. The van der Waals surface area contributed by atoms with Crippen LogP contribution in [0.2, 0.25) is 5.02 Å². The SMILES string of the molecule is O=C(Nc1ccccc1OCC1CCCCO1)c1cc(S(=O)(=O)N2CCOCC2)ccc1Cl. The number of carbonyl (C=O) groups excluding carboxylic acids is 1. The lowest BCUT2D eigenvalue weighted by Gasteiger charge is -2.26. The van der Waals surface area contributed by atoms with Gasteiger partial charge in [-0.25, -0.2) is 8.42 Å². The molecule has 1 N–H and O–H groups in total. The van der Waals surface area contributed by atoms with Crippen molar-refractivity contribution < 1.29 is 27.4 Å². The van der Waals surface area contributed by atoms with Gasteiger partial charge in [-0.2, -0.15) is 4.31 Å². The molecule has 2 fully saturated rings. The van der Waals surface area contributed by atoms with E-state index in [1.165, 1.54) is 22.5 Å². The van der Waals surface area contributed by atoms with Crippen LogP contribution in [-0.4, -0.2) is 64.3 Å². The lowest BCUT2D eigenvalue weighted by molar-refractivity contribution is -0.0109. The maximum Gasteiger partial charge on any atom is 0.257 e. The molecule has 0 saturated carbocycles. The number of morpholine rings is 1.